The fraction of sp³-hybridized carbons (Fsp3) is 0.150. The highest BCUT2D eigenvalue weighted by Crippen LogP contribution is 2.26. The molecule has 7 heteroatoms. The number of hydrogen-bond donors (Lipinski definition) is 3. The molecule has 4 aromatic rings. The summed E-state index contributed by atoms with van der Waals surface area (Å²) in [6, 6.07) is 14.9. The van der Waals surface area contributed by atoms with Crippen LogP contribution >= 0.6 is 0 Å². The molecule has 0 unspecified atom stereocenters. The Kier molecular flexibility index (Phi) is 4.33. The first-order valence-corrected chi connectivity index (χ1v) is 8.66. The number of para-hydroxylation sites is 1. The van der Waals surface area contributed by atoms with Crippen LogP contribution in [-0.4, -0.2) is 33.2 Å². The van der Waals surface area contributed by atoms with Crippen molar-refractivity contribution in [3.8, 4) is 17.1 Å². The van der Waals surface area contributed by atoms with Gasteiger partial charge in [-0.2, -0.15) is 5.10 Å². The molecule has 136 valence electrons. The number of ether oxygens (including phenoxy) is 1. The number of anilines is 1. The molecule has 0 saturated carbocycles. The van der Waals surface area contributed by atoms with Crippen LogP contribution < -0.4 is 10.1 Å². The third kappa shape index (κ3) is 3.27. The number of nitrogens with zero attached hydrogens (tertiary/aromatic N) is 2. The van der Waals surface area contributed by atoms with E-state index in [-0.39, 0.29) is 5.91 Å². The number of aromatic amines is 2. The van der Waals surface area contributed by atoms with Crippen molar-refractivity contribution >= 4 is 22.5 Å². The minimum Gasteiger partial charge on any atom is -0.497 e. The molecule has 2 aromatic carbocycles. The van der Waals surface area contributed by atoms with Crippen molar-refractivity contribution in [1.82, 2.24) is 20.2 Å². The maximum Gasteiger partial charge on any atom is 0.272 e. The number of amides is 1. The Bertz CT molecular complexity index is 1110. The van der Waals surface area contributed by atoms with E-state index in [9.17, 15) is 4.79 Å². The summed E-state index contributed by atoms with van der Waals surface area (Å²) >= 11 is 0. The van der Waals surface area contributed by atoms with Crippen LogP contribution in [0, 0.1) is 0 Å². The van der Waals surface area contributed by atoms with E-state index in [1.807, 2.05) is 55.5 Å². The molecule has 2 heterocycles. The molecule has 0 aliphatic heterocycles. The van der Waals surface area contributed by atoms with Gasteiger partial charge >= 0.3 is 0 Å². The summed E-state index contributed by atoms with van der Waals surface area (Å²) in [5.74, 6) is 1.86. The van der Waals surface area contributed by atoms with E-state index in [0.29, 0.717) is 17.2 Å². The molecule has 0 spiro atoms. The lowest BCUT2D eigenvalue weighted by molar-refractivity contribution is 0.102. The number of H-pyrrole nitrogens is 2. The van der Waals surface area contributed by atoms with E-state index in [0.717, 1.165) is 34.5 Å². The monoisotopic (exact) mass is 361 g/mol. The Labute approximate surface area is 155 Å². The van der Waals surface area contributed by atoms with E-state index in [1.54, 1.807) is 7.11 Å². The van der Waals surface area contributed by atoms with Crippen LogP contribution in [0.2, 0.25) is 0 Å². The average molecular weight is 361 g/mol. The van der Waals surface area contributed by atoms with Crippen LogP contribution in [0.1, 0.15) is 23.2 Å². The number of aryl methyl sites for hydroxylation is 1. The molecule has 0 bridgehead atoms. The van der Waals surface area contributed by atoms with E-state index < -0.39 is 0 Å². The van der Waals surface area contributed by atoms with Crippen LogP contribution in [0.25, 0.3) is 22.3 Å². The number of benzene rings is 2. The zero-order chi connectivity index (χ0) is 18.8. The molecule has 27 heavy (non-hydrogen) atoms. The number of carbonyl (C=O) groups excluding carboxylic acids is 1. The Balaban J connectivity index is 1.63. The lowest BCUT2D eigenvalue weighted by Gasteiger charge is -2.08. The number of hydrogen-bond acceptors (Lipinski definition) is 4. The first-order chi connectivity index (χ1) is 13.2. The highest BCUT2D eigenvalue weighted by atomic mass is 16.5. The van der Waals surface area contributed by atoms with Gasteiger partial charge in [-0.05, 0) is 30.3 Å². The largest absolute Gasteiger partial charge is 0.497 e. The molecule has 0 aliphatic carbocycles. The standard InChI is InChI=1S/C20H19N5O2/c1-3-18-23-19(25-24-18)14-6-4-5-7-15(14)22-20(26)17-10-12-8-9-13(27-2)11-16(12)21-17/h4-11,21H,3H2,1-2H3,(H,22,26)(H,23,24,25). The fourth-order valence-electron chi connectivity index (χ4n) is 2.91. The molecule has 1 amide bonds. The third-order valence-corrected chi connectivity index (χ3v) is 4.36. The van der Waals surface area contributed by atoms with Gasteiger partial charge in [0.2, 0.25) is 0 Å². The Morgan fingerprint density at radius 3 is 2.81 bits per heavy atom. The summed E-state index contributed by atoms with van der Waals surface area (Å²) in [7, 11) is 1.61. The quantitative estimate of drug-likeness (QED) is 0.504. The second-order valence-corrected chi connectivity index (χ2v) is 6.10. The molecule has 0 saturated heterocycles. The van der Waals surface area contributed by atoms with Crippen molar-refractivity contribution < 1.29 is 9.53 Å². The fourth-order valence-corrected chi connectivity index (χ4v) is 2.91. The number of methoxy groups -OCH3 is 1. The van der Waals surface area contributed by atoms with Crippen LogP contribution in [0.5, 0.6) is 5.75 Å². The maximum atomic E-state index is 12.8. The van der Waals surface area contributed by atoms with Gasteiger partial charge in [0.1, 0.15) is 17.3 Å². The molecule has 0 radical (unpaired) electrons. The normalized spacial score (nSPS) is 10.9. The number of rotatable bonds is 5. The Hall–Kier alpha value is -3.61. The van der Waals surface area contributed by atoms with Crippen molar-refractivity contribution in [2.24, 2.45) is 0 Å². The summed E-state index contributed by atoms with van der Waals surface area (Å²) in [5.41, 5.74) is 2.73. The zero-order valence-corrected chi connectivity index (χ0v) is 15.0. The van der Waals surface area contributed by atoms with Crippen molar-refractivity contribution in [1.29, 1.82) is 0 Å². The number of fused-ring (bicyclic) bond motifs is 1. The van der Waals surface area contributed by atoms with Gasteiger partial charge in [0, 0.05) is 29.0 Å². The average Bonchev–Trinajstić information content (AvgIpc) is 3.34. The predicted octanol–water partition coefficient (Wildman–Crippen LogP) is 3.78. The number of aromatic nitrogens is 4. The van der Waals surface area contributed by atoms with Gasteiger partial charge in [0.05, 0.1) is 12.8 Å². The highest BCUT2D eigenvalue weighted by Gasteiger charge is 2.15. The van der Waals surface area contributed by atoms with E-state index in [4.69, 9.17) is 4.74 Å². The minimum absolute atomic E-state index is 0.233. The summed E-state index contributed by atoms with van der Waals surface area (Å²) < 4.78 is 5.23. The van der Waals surface area contributed by atoms with Crippen molar-refractivity contribution in [2.45, 2.75) is 13.3 Å². The van der Waals surface area contributed by atoms with Crippen molar-refractivity contribution in [2.75, 3.05) is 12.4 Å². The molecule has 4 rings (SSSR count). The van der Waals surface area contributed by atoms with Crippen LogP contribution in [0.4, 0.5) is 5.69 Å². The molecular weight excluding hydrogens is 342 g/mol. The van der Waals surface area contributed by atoms with Gasteiger partial charge in [-0.15, -0.1) is 0 Å². The molecule has 7 nitrogen and oxygen atoms in total. The first-order valence-electron chi connectivity index (χ1n) is 8.66. The molecule has 0 fully saturated rings. The zero-order valence-electron chi connectivity index (χ0n) is 15.0. The van der Waals surface area contributed by atoms with Gasteiger partial charge < -0.3 is 15.0 Å². The molecule has 3 N–H and O–H groups in total. The van der Waals surface area contributed by atoms with Gasteiger partial charge in [0.15, 0.2) is 5.82 Å². The SMILES string of the molecule is CCc1nc(-c2ccccc2NC(=O)c2cc3ccc(OC)cc3[nH]2)n[nH]1. The first kappa shape index (κ1) is 16.8. The topological polar surface area (TPSA) is 95.7 Å². The van der Waals surface area contributed by atoms with E-state index >= 15 is 0 Å². The Morgan fingerprint density at radius 1 is 1.19 bits per heavy atom. The summed E-state index contributed by atoms with van der Waals surface area (Å²) in [6.07, 6.45) is 0.764. The van der Waals surface area contributed by atoms with Gasteiger partial charge in [-0.3, -0.25) is 9.89 Å². The summed E-state index contributed by atoms with van der Waals surface area (Å²) in [4.78, 5) is 20.3. The van der Waals surface area contributed by atoms with Crippen LogP contribution in [0.3, 0.4) is 0 Å². The Morgan fingerprint density at radius 2 is 2.04 bits per heavy atom. The van der Waals surface area contributed by atoms with Crippen LogP contribution in [0.15, 0.2) is 48.5 Å². The van der Waals surface area contributed by atoms with Gasteiger partial charge in [-0.1, -0.05) is 19.1 Å². The van der Waals surface area contributed by atoms with Gasteiger partial charge in [-0.25, -0.2) is 4.98 Å². The molecular formula is C20H19N5O2. The predicted molar refractivity (Wildman–Crippen MR) is 104 cm³/mol. The maximum absolute atomic E-state index is 12.8. The summed E-state index contributed by atoms with van der Waals surface area (Å²) in [5, 5.41) is 11.0. The van der Waals surface area contributed by atoms with E-state index in [2.05, 4.69) is 25.5 Å². The van der Waals surface area contributed by atoms with Crippen molar-refractivity contribution in [3.05, 3.63) is 60.0 Å². The van der Waals surface area contributed by atoms with Crippen molar-refractivity contribution in [3.63, 3.8) is 0 Å². The number of carbonyl (C=O) groups is 1. The molecule has 2 aromatic heterocycles. The minimum atomic E-state index is -0.233. The third-order valence-electron chi connectivity index (χ3n) is 4.36. The number of nitrogens with one attached hydrogen (secondary N) is 3. The molecule has 0 aliphatic rings. The summed E-state index contributed by atoms with van der Waals surface area (Å²) in [6.45, 7) is 2.00. The smallest absolute Gasteiger partial charge is 0.272 e. The van der Waals surface area contributed by atoms with Crippen LogP contribution in [-0.2, 0) is 6.42 Å². The van der Waals surface area contributed by atoms with E-state index in [1.165, 1.54) is 0 Å². The lowest BCUT2D eigenvalue weighted by Crippen LogP contribution is -2.13. The van der Waals surface area contributed by atoms with Gasteiger partial charge in [0.25, 0.3) is 5.91 Å². The highest BCUT2D eigenvalue weighted by molar-refractivity contribution is 6.07. The lowest BCUT2D eigenvalue weighted by atomic mass is 10.1. The second-order valence-electron chi connectivity index (χ2n) is 6.10. The molecule has 0 atom stereocenters. The second kappa shape index (κ2) is 6.95.